The molecule has 154 valence electrons. The number of thioether (sulfide) groups is 1. The van der Waals surface area contributed by atoms with E-state index < -0.39 is 0 Å². The van der Waals surface area contributed by atoms with Gasteiger partial charge in [-0.25, -0.2) is 4.99 Å². The molecule has 0 bridgehead atoms. The molecular formula is C24H25N3O2S. The molecule has 1 fully saturated rings. The summed E-state index contributed by atoms with van der Waals surface area (Å²) in [5, 5.41) is 0.551. The van der Waals surface area contributed by atoms with Crippen molar-refractivity contribution in [1.82, 2.24) is 4.90 Å². The van der Waals surface area contributed by atoms with E-state index in [4.69, 9.17) is 0 Å². The van der Waals surface area contributed by atoms with E-state index in [2.05, 4.69) is 4.99 Å². The van der Waals surface area contributed by atoms with E-state index in [0.29, 0.717) is 10.9 Å². The summed E-state index contributed by atoms with van der Waals surface area (Å²) in [5.74, 6) is 0.223. The number of para-hydroxylation sites is 1. The topological polar surface area (TPSA) is 53.0 Å². The lowest BCUT2D eigenvalue weighted by atomic mass is 10.1. The van der Waals surface area contributed by atoms with Crippen molar-refractivity contribution in [3.63, 3.8) is 0 Å². The van der Waals surface area contributed by atoms with Gasteiger partial charge in [0, 0.05) is 13.1 Å². The zero-order chi connectivity index (χ0) is 20.9. The molecule has 2 aliphatic rings. The summed E-state index contributed by atoms with van der Waals surface area (Å²) in [6.07, 6.45) is 5.12. The molecule has 0 N–H and O–H groups in total. The second-order valence-electron chi connectivity index (χ2n) is 7.54. The average molecular weight is 420 g/mol. The van der Waals surface area contributed by atoms with Crippen LogP contribution in [-0.2, 0) is 9.59 Å². The van der Waals surface area contributed by atoms with Gasteiger partial charge in [-0.15, -0.1) is 0 Å². The third-order valence-corrected chi connectivity index (χ3v) is 6.18. The Morgan fingerprint density at radius 1 is 1.03 bits per heavy atom. The number of likely N-dealkylation sites (tertiary alicyclic amines) is 1. The Bertz CT molecular complexity index is 977. The normalized spacial score (nSPS) is 18.1. The van der Waals surface area contributed by atoms with E-state index >= 15 is 0 Å². The molecule has 2 aliphatic heterocycles. The van der Waals surface area contributed by atoms with Crippen LogP contribution in [0.15, 0.2) is 65.3 Å². The molecule has 2 heterocycles. The van der Waals surface area contributed by atoms with E-state index in [1.807, 2.05) is 66.4 Å². The van der Waals surface area contributed by atoms with Gasteiger partial charge >= 0.3 is 0 Å². The lowest BCUT2D eigenvalue weighted by molar-refractivity contribution is -0.129. The molecule has 2 aromatic carbocycles. The number of rotatable bonds is 4. The average Bonchev–Trinajstić information content (AvgIpc) is 3.09. The quantitative estimate of drug-likeness (QED) is 0.687. The number of aryl methyl sites for hydroxylation is 1. The van der Waals surface area contributed by atoms with Gasteiger partial charge in [0.25, 0.3) is 5.91 Å². The summed E-state index contributed by atoms with van der Waals surface area (Å²) in [4.78, 5) is 33.9. The highest BCUT2D eigenvalue weighted by atomic mass is 32.2. The summed E-state index contributed by atoms with van der Waals surface area (Å²) in [6.45, 7) is 3.68. The highest BCUT2D eigenvalue weighted by molar-refractivity contribution is 8.14. The summed E-state index contributed by atoms with van der Waals surface area (Å²) in [7, 11) is 0. The van der Waals surface area contributed by atoms with E-state index in [9.17, 15) is 9.59 Å². The third-order valence-electron chi connectivity index (χ3n) is 5.26. The Balaban J connectivity index is 1.57. The van der Waals surface area contributed by atoms with Gasteiger partial charge in [0.1, 0.15) is 5.70 Å². The molecular weight excluding hydrogens is 394 g/mol. The zero-order valence-corrected chi connectivity index (χ0v) is 17.9. The summed E-state index contributed by atoms with van der Waals surface area (Å²) < 4.78 is 0. The highest BCUT2D eigenvalue weighted by Crippen LogP contribution is 2.29. The number of amides is 2. The molecule has 6 heteroatoms. The SMILES string of the molecule is Cc1ccc(/C=C2/N=C(SCC(=O)N3CCCCC3)N(c3ccccc3)C2=O)cc1. The van der Waals surface area contributed by atoms with E-state index in [-0.39, 0.29) is 17.6 Å². The lowest BCUT2D eigenvalue weighted by Crippen LogP contribution is -2.38. The molecule has 30 heavy (non-hydrogen) atoms. The van der Waals surface area contributed by atoms with Crippen LogP contribution in [0.4, 0.5) is 5.69 Å². The number of aliphatic imine (C=N–C) groups is 1. The van der Waals surface area contributed by atoms with Crippen LogP contribution in [0, 0.1) is 6.92 Å². The fourth-order valence-corrected chi connectivity index (χ4v) is 4.49. The van der Waals surface area contributed by atoms with Crippen molar-refractivity contribution in [3.05, 3.63) is 71.4 Å². The Labute approximate surface area is 181 Å². The second-order valence-corrected chi connectivity index (χ2v) is 8.48. The van der Waals surface area contributed by atoms with Crippen LogP contribution in [0.25, 0.3) is 6.08 Å². The first-order chi connectivity index (χ1) is 14.6. The number of piperidine rings is 1. The van der Waals surface area contributed by atoms with Gasteiger partial charge in [0.05, 0.1) is 11.4 Å². The summed E-state index contributed by atoms with van der Waals surface area (Å²) in [6, 6.07) is 17.4. The molecule has 0 saturated carbocycles. The van der Waals surface area contributed by atoms with Crippen molar-refractivity contribution < 1.29 is 9.59 Å². The zero-order valence-electron chi connectivity index (χ0n) is 17.1. The molecule has 5 nitrogen and oxygen atoms in total. The number of benzene rings is 2. The van der Waals surface area contributed by atoms with Crippen molar-refractivity contribution in [1.29, 1.82) is 0 Å². The smallest absolute Gasteiger partial charge is 0.283 e. The minimum atomic E-state index is -0.172. The first-order valence-electron chi connectivity index (χ1n) is 10.3. The van der Waals surface area contributed by atoms with Gasteiger partial charge in [-0.3, -0.25) is 14.5 Å². The van der Waals surface area contributed by atoms with Crippen LogP contribution in [-0.4, -0.2) is 40.7 Å². The third kappa shape index (κ3) is 4.65. The monoisotopic (exact) mass is 419 g/mol. The molecule has 0 radical (unpaired) electrons. The van der Waals surface area contributed by atoms with Gasteiger partial charge < -0.3 is 4.90 Å². The molecule has 2 aromatic rings. The Morgan fingerprint density at radius 2 is 1.73 bits per heavy atom. The fraction of sp³-hybridized carbons (Fsp3) is 0.292. The minimum absolute atomic E-state index is 0.110. The number of carbonyl (C=O) groups excluding carboxylic acids is 2. The predicted molar refractivity (Wildman–Crippen MR) is 123 cm³/mol. The molecule has 2 amide bonds. The standard InChI is InChI=1S/C24H25N3O2S/c1-18-10-12-19(13-11-18)16-21-23(29)27(20-8-4-2-5-9-20)24(25-21)30-17-22(28)26-14-6-3-7-15-26/h2,4-5,8-13,16H,3,6-7,14-15,17H2,1H3/b21-16+. The van der Waals surface area contributed by atoms with Gasteiger partial charge in [-0.05, 0) is 50.0 Å². The minimum Gasteiger partial charge on any atom is -0.342 e. The molecule has 0 aliphatic carbocycles. The van der Waals surface area contributed by atoms with Crippen molar-refractivity contribution in [2.24, 2.45) is 4.99 Å². The van der Waals surface area contributed by atoms with Gasteiger partial charge in [0.15, 0.2) is 5.17 Å². The van der Waals surface area contributed by atoms with Crippen molar-refractivity contribution in [3.8, 4) is 0 Å². The molecule has 0 aromatic heterocycles. The predicted octanol–water partition coefficient (Wildman–Crippen LogP) is 4.48. The first-order valence-corrected chi connectivity index (χ1v) is 11.3. The number of hydrogen-bond acceptors (Lipinski definition) is 4. The molecule has 1 saturated heterocycles. The van der Waals surface area contributed by atoms with Crippen LogP contribution >= 0.6 is 11.8 Å². The van der Waals surface area contributed by atoms with E-state index in [0.717, 1.165) is 42.7 Å². The van der Waals surface area contributed by atoms with Crippen LogP contribution in [0.3, 0.4) is 0 Å². The van der Waals surface area contributed by atoms with Gasteiger partial charge in [-0.2, -0.15) is 0 Å². The Hall–Kier alpha value is -2.86. The maximum absolute atomic E-state index is 13.2. The lowest BCUT2D eigenvalue weighted by Gasteiger charge is -2.26. The largest absolute Gasteiger partial charge is 0.342 e. The van der Waals surface area contributed by atoms with E-state index in [1.165, 1.54) is 18.2 Å². The molecule has 0 spiro atoms. The second kappa shape index (κ2) is 9.30. The van der Waals surface area contributed by atoms with Crippen molar-refractivity contribution in [2.75, 3.05) is 23.7 Å². The summed E-state index contributed by atoms with van der Waals surface area (Å²) in [5.41, 5.74) is 3.23. The van der Waals surface area contributed by atoms with Gasteiger partial charge in [-0.1, -0.05) is 59.8 Å². The maximum atomic E-state index is 13.2. The number of hydrogen-bond donors (Lipinski definition) is 0. The summed E-state index contributed by atoms with van der Waals surface area (Å²) >= 11 is 1.33. The number of anilines is 1. The Morgan fingerprint density at radius 3 is 2.43 bits per heavy atom. The first kappa shape index (κ1) is 20.4. The van der Waals surface area contributed by atoms with Crippen LogP contribution in [0.2, 0.25) is 0 Å². The Kier molecular flexibility index (Phi) is 6.33. The number of nitrogens with zero attached hydrogens (tertiary/aromatic N) is 3. The fourth-order valence-electron chi connectivity index (χ4n) is 3.58. The molecule has 0 atom stereocenters. The molecule has 0 unspecified atom stereocenters. The molecule has 4 rings (SSSR count). The van der Waals surface area contributed by atoms with Crippen molar-refractivity contribution in [2.45, 2.75) is 26.2 Å². The highest BCUT2D eigenvalue weighted by Gasteiger charge is 2.32. The van der Waals surface area contributed by atoms with Crippen LogP contribution in [0.1, 0.15) is 30.4 Å². The number of amidine groups is 1. The van der Waals surface area contributed by atoms with Crippen LogP contribution in [0.5, 0.6) is 0 Å². The van der Waals surface area contributed by atoms with Gasteiger partial charge in [0.2, 0.25) is 5.91 Å². The van der Waals surface area contributed by atoms with Crippen molar-refractivity contribution >= 4 is 40.5 Å². The number of carbonyl (C=O) groups is 2. The van der Waals surface area contributed by atoms with Crippen LogP contribution < -0.4 is 4.90 Å². The van der Waals surface area contributed by atoms with E-state index in [1.54, 1.807) is 11.0 Å². The maximum Gasteiger partial charge on any atom is 0.283 e.